The van der Waals surface area contributed by atoms with Crippen LogP contribution >= 0.6 is 0 Å². The number of nitrogens with zero attached hydrogens (tertiary/aromatic N) is 2. The van der Waals surface area contributed by atoms with Gasteiger partial charge in [0.05, 0.1) is 6.04 Å². The Balaban J connectivity index is 1.77. The lowest BCUT2D eigenvalue weighted by Crippen LogP contribution is -2.52. The highest BCUT2D eigenvalue weighted by atomic mass is 16.6. The Labute approximate surface area is 128 Å². The number of rotatable bonds is 5. The molecule has 0 radical (unpaired) electrons. The van der Waals surface area contributed by atoms with E-state index in [0.29, 0.717) is 6.54 Å². The van der Waals surface area contributed by atoms with E-state index < -0.39 is 12.1 Å². The zero-order valence-corrected chi connectivity index (χ0v) is 12.4. The number of hydrogen-bond acceptors (Lipinski definition) is 5. The Morgan fingerprint density at radius 1 is 1.32 bits per heavy atom. The minimum Gasteiger partial charge on any atom is -0.334 e. The molecule has 1 aliphatic heterocycles. The highest BCUT2D eigenvalue weighted by molar-refractivity contribution is 5.83. The first-order valence-electron chi connectivity index (χ1n) is 7.57. The van der Waals surface area contributed by atoms with Crippen molar-refractivity contribution in [2.75, 3.05) is 0 Å². The van der Waals surface area contributed by atoms with Crippen LogP contribution in [0.4, 0.5) is 0 Å². The molecule has 3 unspecified atom stereocenters. The highest BCUT2D eigenvalue weighted by Crippen LogP contribution is 2.30. The van der Waals surface area contributed by atoms with Gasteiger partial charge in [-0.1, -0.05) is 30.3 Å². The molecule has 1 aliphatic carbocycles. The first kappa shape index (κ1) is 14.9. The molecule has 1 aromatic rings. The lowest BCUT2D eigenvalue weighted by atomic mass is 10.0. The summed E-state index contributed by atoms with van der Waals surface area (Å²) in [6, 6.07) is 7.82. The third-order valence-corrected chi connectivity index (χ3v) is 4.30. The minimum absolute atomic E-state index is 0.190. The van der Waals surface area contributed by atoms with Crippen LogP contribution in [-0.2, 0) is 11.3 Å². The number of amides is 1. The average Bonchev–Trinajstić information content (AvgIpc) is 3.27. The number of benzene rings is 1. The lowest BCUT2D eigenvalue weighted by molar-refractivity contribution is -0.523. The maximum Gasteiger partial charge on any atom is 0.254 e. The maximum absolute atomic E-state index is 12.8. The largest absolute Gasteiger partial charge is 0.334 e. The topological polar surface area (TPSA) is 87.5 Å². The molecule has 2 N–H and O–H groups in total. The van der Waals surface area contributed by atoms with Crippen LogP contribution in [0, 0.1) is 10.1 Å². The van der Waals surface area contributed by atoms with E-state index in [1.165, 1.54) is 0 Å². The van der Waals surface area contributed by atoms with Crippen LogP contribution in [0.15, 0.2) is 30.3 Å². The molecule has 3 atom stereocenters. The number of nitro groups is 1. The van der Waals surface area contributed by atoms with Crippen molar-refractivity contribution in [2.24, 2.45) is 0 Å². The van der Waals surface area contributed by atoms with Crippen molar-refractivity contribution < 1.29 is 9.72 Å². The molecular weight excluding hydrogens is 284 g/mol. The van der Waals surface area contributed by atoms with Crippen LogP contribution in [0.5, 0.6) is 0 Å². The molecule has 22 heavy (non-hydrogen) atoms. The summed E-state index contributed by atoms with van der Waals surface area (Å²) in [4.78, 5) is 25.5. The van der Waals surface area contributed by atoms with Crippen molar-refractivity contribution in [3.05, 3.63) is 46.0 Å². The molecule has 3 rings (SSSR count). The van der Waals surface area contributed by atoms with Crippen molar-refractivity contribution in [1.82, 2.24) is 15.8 Å². The fourth-order valence-corrected chi connectivity index (χ4v) is 2.92. The Kier molecular flexibility index (Phi) is 4.08. The van der Waals surface area contributed by atoms with Gasteiger partial charge in [-0.3, -0.25) is 14.9 Å². The van der Waals surface area contributed by atoms with Gasteiger partial charge >= 0.3 is 0 Å². The molecule has 1 saturated carbocycles. The van der Waals surface area contributed by atoms with Gasteiger partial charge in [0.1, 0.15) is 0 Å². The molecule has 2 aliphatic rings. The zero-order chi connectivity index (χ0) is 15.7. The van der Waals surface area contributed by atoms with E-state index in [4.69, 9.17) is 0 Å². The van der Waals surface area contributed by atoms with E-state index in [1.54, 1.807) is 11.8 Å². The summed E-state index contributed by atoms with van der Waals surface area (Å²) in [5.41, 5.74) is 6.67. The predicted octanol–water partition coefficient (Wildman–Crippen LogP) is 0.688. The van der Waals surface area contributed by atoms with Crippen LogP contribution in [0.2, 0.25) is 0 Å². The number of carbonyl (C=O) groups is 1. The van der Waals surface area contributed by atoms with E-state index in [2.05, 4.69) is 10.9 Å². The van der Waals surface area contributed by atoms with E-state index in [1.807, 2.05) is 30.3 Å². The Bertz CT molecular complexity index is 561. The second-order valence-corrected chi connectivity index (χ2v) is 6.01. The molecule has 7 nitrogen and oxygen atoms in total. The van der Waals surface area contributed by atoms with Crippen LogP contribution < -0.4 is 10.9 Å². The number of hydrazine groups is 1. The third kappa shape index (κ3) is 2.95. The summed E-state index contributed by atoms with van der Waals surface area (Å²) in [7, 11) is 0. The molecule has 0 spiro atoms. The van der Waals surface area contributed by atoms with Gasteiger partial charge in [-0.05, 0) is 25.3 Å². The molecule has 1 amide bonds. The zero-order valence-electron chi connectivity index (χ0n) is 12.4. The van der Waals surface area contributed by atoms with Gasteiger partial charge < -0.3 is 4.90 Å². The SMILES string of the molecule is CC1NNC(C(=O)N(Cc2ccccc2)C2CC2)C1[N+](=O)[O-]. The van der Waals surface area contributed by atoms with Crippen molar-refractivity contribution >= 4 is 5.91 Å². The van der Waals surface area contributed by atoms with E-state index in [0.717, 1.165) is 18.4 Å². The molecular formula is C15H20N4O3. The maximum atomic E-state index is 12.8. The van der Waals surface area contributed by atoms with Gasteiger partial charge in [0.15, 0.2) is 6.04 Å². The predicted molar refractivity (Wildman–Crippen MR) is 80.3 cm³/mol. The fraction of sp³-hybridized carbons (Fsp3) is 0.533. The summed E-state index contributed by atoms with van der Waals surface area (Å²) in [6.07, 6.45) is 1.94. The molecule has 118 valence electrons. The van der Waals surface area contributed by atoms with Crippen LogP contribution in [0.3, 0.4) is 0 Å². The molecule has 1 saturated heterocycles. The second kappa shape index (κ2) is 6.02. The number of hydrogen-bond donors (Lipinski definition) is 2. The molecule has 1 heterocycles. The first-order valence-corrected chi connectivity index (χ1v) is 7.57. The average molecular weight is 304 g/mol. The van der Waals surface area contributed by atoms with Crippen LogP contribution in [0.1, 0.15) is 25.3 Å². The van der Waals surface area contributed by atoms with Gasteiger partial charge in [0, 0.05) is 17.5 Å². The molecule has 1 aromatic carbocycles. The third-order valence-electron chi connectivity index (χ3n) is 4.30. The van der Waals surface area contributed by atoms with Gasteiger partial charge in [-0.15, -0.1) is 0 Å². The van der Waals surface area contributed by atoms with Crippen molar-refractivity contribution in [3.8, 4) is 0 Å². The minimum atomic E-state index is -0.940. The van der Waals surface area contributed by atoms with Gasteiger partial charge in [0.25, 0.3) is 6.04 Å². The standard InChI is InChI=1S/C15H20N4O3/c1-10-14(19(21)22)13(17-16-10)15(20)18(12-7-8-12)9-11-5-3-2-4-6-11/h2-6,10,12-14,16-17H,7-9H2,1H3. The Hall–Kier alpha value is -1.99. The monoisotopic (exact) mass is 304 g/mol. The van der Waals surface area contributed by atoms with Gasteiger partial charge in [0.2, 0.25) is 5.91 Å². The summed E-state index contributed by atoms with van der Waals surface area (Å²) < 4.78 is 0. The van der Waals surface area contributed by atoms with E-state index in [9.17, 15) is 14.9 Å². The molecule has 2 fully saturated rings. The van der Waals surface area contributed by atoms with E-state index >= 15 is 0 Å². The summed E-state index contributed by atoms with van der Waals surface area (Å²) in [5.74, 6) is -0.190. The van der Waals surface area contributed by atoms with E-state index in [-0.39, 0.29) is 22.9 Å². The van der Waals surface area contributed by atoms with Gasteiger partial charge in [-0.2, -0.15) is 0 Å². The molecule has 7 heteroatoms. The lowest BCUT2D eigenvalue weighted by Gasteiger charge is -2.26. The first-order chi connectivity index (χ1) is 10.6. The number of carbonyl (C=O) groups excluding carboxylic acids is 1. The van der Waals surface area contributed by atoms with Crippen molar-refractivity contribution in [1.29, 1.82) is 0 Å². The van der Waals surface area contributed by atoms with Crippen LogP contribution in [0.25, 0.3) is 0 Å². The fourth-order valence-electron chi connectivity index (χ4n) is 2.92. The second-order valence-electron chi connectivity index (χ2n) is 6.01. The summed E-state index contributed by atoms with van der Waals surface area (Å²) in [5, 5.41) is 11.2. The Morgan fingerprint density at radius 3 is 2.59 bits per heavy atom. The number of nitrogens with one attached hydrogen (secondary N) is 2. The van der Waals surface area contributed by atoms with Crippen molar-refractivity contribution in [3.63, 3.8) is 0 Å². The van der Waals surface area contributed by atoms with Crippen LogP contribution in [-0.4, -0.2) is 39.9 Å². The smallest absolute Gasteiger partial charge is 0.254 e. The normalized spacial score (nSPS) is 27.6. The highest BCUT2D eigenvalue weighted by Gasteiger charge is 2.49. The Morgan fingerprint density at radius 2 is 2.00 bits per heavy atom. The van der Waals surface area contributed by atoms with Crippen molar-refractivity contribution in [2.45, 2.75) is 50.5 Å². The quantitative estimate of drug-likeness (QED) is 0.617. The van der Waals surface area contributed by atoms with Gasteiger partial charge in [-0.25, -0.2) is 10.9 Å². The molecule has 0 aromatic heterocycles. The molecule has 0 bridgehead atoms. The summed E-state index contributed by atoms with van der Waals surface area (Å²) >= 11 is 0. The summed E-state index contributed by atoms with van der Waals surface area (Å²) in [6.45, 7) is 2.22.